The smallest absolute Gasteiger partial charge is 0.330 e. The monoisotopic (exact) mass is 342 g/mol. The van der Waals surface area contributed by atoms with Gasteiger partial charge in [-0.2, -0.15) is 13.2 Å². The Morgan fingerprint density at radius 2 is 1.74 bits per heavy atom. The molecule has 0 fully saturated rings. The van der Waals surface area contributed by atoms with Gasteiger partial charge < -0.3 is 5.73 Å². The Kier molecular flexibility index (Phi) is 5.16. The number of hydrogen-bond donors (Lipinski definition) is 1. The zero-order valence-corrected chi connectivity index (χ0v) is 14.3. The van der Waals surface area contributed by atoms with Crippen molar-refractivity contribution in [1.29, 1.82) is 0 Å². The van der Waals surface area contributed by atoms with Crippen LogP contribution in [0.5, 0.6) is 0 Å². The van der Waals surface area contributed by atoms with Crippen molar-refractivity contribution < 1.29 is 13.2 Å². The predicted octanol–water partition coefficient (Wildman–Crippen LogP) is 4.74. The van der Waals surface area contributed by atoms with E-state index >= 15 is 0 Å². The first-order valence-electron chi connectivity index (χ1n) is 7.43. The van der Waals surface area contributed by atoms with Gasteiger partial charge in [0.25, 0.3) is 0 Å². The van der Waals surface area contributed by atoms with Gasteiger partial charge in [0.1, 0.15) is 0 Å². The van der Waals surface area contributed by atoms with Crippen molar-refractivity contribution >= 4 is 11.3 Å². The van der Waals surface area contributed by atoms with Crippen LogP contribution in [-0.2, 0) is 18.0 Å². The van der Waals surface area contributed by atoms with Crippen LogP contribution in [0.1, 0.15) is 48.5 Å². The van der Waals surface area contributed by atoms with Crippen molar-refractivity contribution in [1.82, 2.24) is 4.98 Å². The van der Waals surface area contributed by atoms with Crippen LogP contribution >= 0.6 is 11.3 Å². The van der Waals surface area contributed by atoms with Crippen LogP contribution in [0.3, 0.4) is 0 Å². The van der Waals surface area contributed by atoms with E-state index in [1.165, 1.54) is 12.1 Å². The largest absolute Gasteiger partial charge is 0.416 e. The van der Waals surface area contributed by atoms with Crippen LogP contribution in [0, 0.1) is 0 Å². The number of halogens is 3. The van der Waals surface area contributed by atoms with Crippen LogP contribution in [0.4, 0.5) is 13.2 Å². The van der Waals surface area contributed by atoms with Gasteiger partial charge in [-0.3, -0.25) is 0 Å². The molecule has 1 unspecified atom stereocenters. The van der Waals surface area contributed by atoms with Crippen molar-refractivity contribution in [3.8, 4) is 0 Å². The van der Waals surface area contributed by atoms with Crippen molar-refractivity contribution in [3.05, 3.63) is 51.5 Å². The van der Waals surface area contributed by atoms with E-state index in [9.17, 15) is 13.2 Å². The average molecular weight is 342 g/mol. The quantitative estimate of drug-likeness (QED) is 0.871. The van der Waals surface area contributed by atoms with E-state index in [4.69, 9.17) is 5.73 Å². The number of benzene rings is 1. The maximum Gasteiger partial charge on any atom is 0.416 e. The average Bonchev–Trinajstić information content (AvgIpc) is 2.94. The molecule has 0 aliphatic rings. The van der Waals surface area contributed by atoms with Gasteiger partial charge in [-0.05, 0) is 24.1 Å². The first-order valence-corrected chi connectivity index (χ1v) is 8.31. The van der Waals surface area contributed by atoms with E-state index in [0.29, 0.717) is 13.0 Å². The number of aromatic nitrogens is 1. The number of nitrogens with two attached hydrogens (primary N) is 1. The Morgan fingerprint density at radius 1 is 1.13 bits per heavy atom. The summed E-state index contributed by atoms with van der Waals surface area (Å²) in [4.78, 5) is 4.66. The second-order valence-electron chi connectivity index (χ2n) is 6.65. The Balaban J connectivity index is 2.15. The molecular weight excluding hydrogens is 321 g/mol. The molecule has 6 heteroatoms. The highest BCUT2D eigenvalue weighted by Gasteiger charge is 2.30. The van der Waals surface area contributed by atoms with Crippen molar-refractivity contribution in [2.75, 3.05) is 6.54 Å². The molecule has 1 aromatic carbocycles. The first kappa shape index (κ1) is 17.9. The SMILES string of the molecule is CC(C)(C)c1csc(C(CN)Cc2ccc(C(F)(F)F)cc2)n1. The Labute approximate surface area is 138 Å². The lowest BCUT2D eigenvalue weighted by Crippen LogP contribution is -2.17. The molecular formula is C17H21F3N2S. The maximum absolute atomic E-state index is 12.6. The van der Waals surface area contributed by atoms with Gasteiger partial charge in [0, 0.05) is 23.3 Å². The molecule has 1 heterocycles. The Hall–Kier alpha value is -1.40. The second-order valence-corrected chi connectivity index (χ2v) is 7.54. The van der Waals surface area contributed by atoms with E-state index in [0.717, 1.165) is 28.4 Å². The molecule has 0 amide bonds. The summed E-state index contributed by atoms with van der Waals surface area (Å²) in [5, 5.41) is 2.97. The molecule has 1 atom stereocenters. The second kappa shape index (κ2) is 6.61. The molecule has 0 spiro atoms. The van der Waals surface area contributed by atoms with Crippen LogP contribution < -0.4 is 5.73 Å². The van der Waals surface area contributed by atoms with Gasteiger partial charge >= 0.3 is 6.18 Å². The third-order valence-electron chi connectivity index (χ3n) is 3.69. The van der Waals surface area contributed by atoms with E-state index < -0.39 is 11.7 Å². The zero-order valence-electron chi connectivity index (χ0n) is 13.4. The van der Waals surface area contributed by atoms with E-state index in [1.807, 2.05) is 5.38 Å². The third-order valence-corrected chi connectivity index (χ3v) is 4.69. The molecule has 2 rings (SSSR count). The topological polar surface area (TPSA) is 38.9 Å². The number of nitrogens with zero attached hydrogens (tertiary/aromatic N) is 1. The fraction of sp³-hybridized carbons (Fsp3) is 0.471. The summed E-state index contributed by atoms with van der Waals surface area (Å²) >= 11 is 1.56. The molecule has 0 aliphatic carbocycles. The van der Waals surface area contributed by atoms with Crippen LogP contribution in [-0.4, -0.2) is 11.5 Å². The number of hydrogen-bond acceptors (Lipinski definition) is 3. The first-order chi connectivity index (χ1) is 10.6. The Morgan fingerprint density at radius 3 is 2.17 bits per heavy atom. The lowest BCUT2D eigenvalue weighted by molar-refractivity contribution is -0.137. The summed E-state index contributed by atoms with van der Waals surface area (Å²) in [5.41, 5.74) is 7.05. The van der Waals surface area contributed by atoms with Crippen molar-refractivity contribution in [2.24, 2.45) is 5.73 Å². The minimum absolute atomic E-state index is 0.0211. The standard InChI is InChI=1S/C17H21F3N2S/c1-16(2,3)14-10-23-15(22-14)12(9-21)8-11-4-6-13(7-5-11)17(18,19)20/h4-7,10,12H,8-9,21H2,1-3H3. The fourth-order valence-corrected chi connectivity index (χ4v) is 3.37. The van der Waals surface area contributed by atoms with Crippen molar-refractivity contribution in [3.63, 3.8) is 0 Å². The lowest BCUT2D eigenvalue weighted by Gasteiger charge is -2.16. The number of thiazole rings is 1. The van der Waals surface area contributed by atoms with Gasteiger partial charge in [0.2, 0.25) is 0 Å². The summed E-state index contributed by atoms with van der Waals surface area (Å²) in [6.45, 7) is 6.70. The maximum atomic E-state index is 12.6. The van der Waals surface area contributed by atoms with Crippen molar-refractivity contribution in [2.45, 2.75) is 44.7 Å². The van der Waals surface area contributed by atoms with Gasteiger partial charge in [0.15, 0.2) is 0 Å². The predicted molar refractivity (Wildman–Crippen MR) is 87.8 cm³/mol. The Bertz CT molecular complexity index is 639. The highest BCUT2D eigenvalue weighted by Crippen LogP contribution is 2.31. The molecule has 0 bridgehead atoms. The highest BCUT2D eigenvalue weighted by atomic mass is 32.1. The highest BCUT2D eigenvalue weighted by molar-refractivity contribution is 7.09. The molecule has 2 nitrogen and oxygen atoms in total. The van der Waals surface area contributed by atoms with Gasteiger partial charge in [-0.25, -0.2) is 4.98 Å². The summed E-state index contributed by atoms with van der Waals surface area (Å²) in [6.07, 6.45) is -3.71. The molecule has 0 aliphatic heterocycles. The molecule has 0 saturated carbocycles. The molecule has 0 radical (unpaired) electrons. The van der Waals surface area contributed by atoms with Crippen LogP contribution in [0.15, 0.2) is 29.6 Å². The number of rotatable bonds is 4. The van der Waals surface area contributed by atoms with E-state index in [1.54, 1.807) is 11.3 Å². The summed E-state index contributed by atoms with van der Waals surface area (Å²) in [7, 11) is 0. The molecule has 1 aromatic heterocycles. The lowest BCUT2D eigenvalue weighted by atomic mass is 9.93. The normalized spacial score (nSPS) is 14.0. The molecule has 2 N–H and O–H groups in total. The summed E-state index contributed by atoms with van der Waals surface area (Å²) in [6, 6.07) is 5.27. The van der Waals surface area contributed by atoms with Crippen LogP contribution in [0.2, 0.25) is 0 Å². The van der Waals surface area contributed by atoms with Gasteiger partial charge in [0.05, 0.1) is 16.3 Å². The third kappa shape index (κ3) is 4.54. The van der Waals surface area contributed by atoms with Gasteiger partial charge in [-0.1, -0.05) is 32.9 Å². The molecule has 2 aromatic rings. The molecule has 126 valence electrons. The van der Waals surface area contributed by atoms with E-state index in [2.05, 4.69) is 25.8 Å². The summed E-state index contributed by atoms with van der Waals surface area (Å²) in [5.74, 6) is 0.0211. The fourth-order valence-electron chi connectivity index (χ4n) is 2.21. The minimum Gasteiger partial charge on any atom is -0.330 e. The minimum atomic E-state index is -4.30. The molecule has 23 heavy (non-hydrogen) atoms. The van der Waals surface area contributed by atoms with Crippen LogP contribution in [0.25, 0.3) is 0 Å². The number of alkyl halides is 3. The van der Waals surface area contributed by atoms with Gasteiger partial charge in [-0.15, -0.1) is 11.3 Å². The van der Waals surface area contributed by atoms with E-state index in [-0.39, 0.29) is 11.3 Å². The zero-order chi connectivity index (χ0) is 17.3. The molecule has 0 saturated heterocycles. The summed E-state index contributed by atoms with van der Waals surface area (Å²) < 4.78 is 37.8.